The van der Waals surface area contributed by atoms with Gasteiger partial charge in [0.05, 0.1) is 5.60 Å². The molecule has 5 heteroatoms. The molecular formula is C25H36O5. The summed E-state index contributed by atoms with van der Waals surface area (Å²) in [7, 11) is 0. The molecule has 0 aliphatic heterocycles. The predicted molar refractivity (Wildman–Crippen MR) is 114 cm³/mol. The Kier molecular flexibility index (Phi) is 4.82. The minimum atomic E-state index is -1.22. The summed E-state index contributed by atoms with van der Waals surface area (Å²) in [4.78, 5) is 25.2. The van der Waals surface area contributed by atoms with Crippen LogP contribution in [0.1, 0.15) is 79.1 Å². The van der Waals surface area contributed by atoms with Gasteiger partial charge in [0.1, 0.15) is 11.5 Å². The van der Waals surface area contributed by atoms with Gasteiger partial charge in [0.15, 0.2) is 0 Å². The van der Waals surface area contributed by atoms with Gasteiger partial charge in [0.25, 0.3) is 0 Å². The minimum Gasteiger partial charge on any atom is -0.481 e. The number of hydrogen-bond acceptors (Lipinski definition) is 4. The molecule has 0 amide bonds. The van der Waals surface area contributed by atoms with E-state index < -0.39 is 34.5 Å². The van der Waals surface area contributed by atoms with Crippen molar-refractivity contribution < 1.29 is 24.5 Å². The normalized spacial score (nSPS) is 48.0. The third-order valence-electron chi connectivity index (χ3n) is 9.92. The molecule has 2 bridgehead atoms. The highest BCUT2D eigenvalue weighted by Crippen LogP contribution is 2.74. The topological polar surface area (TPSA) is 83.8 Å². The van der Waals surface area contributed by atoms with Crippen molar-refractivity contribution in [3.05, 3.63) is 23.8 Å². The van der Waals surface area contributed by atoms with Gasteiger partial charge in [-0.05, 0) is 84.0 Å². The van der Waals surface area contributed by atoms with Crippen molar-refractivity contribution >= 4 is 11.9 Å². The van der Waals surface area contributed by atoms with E-state index in [-0.39, 0.29) is 11.3 Å². The van der Waals surface area contributed by atoms with Crippen LogP contribution in [0.25, 0.3) is 0 Å². The van der Waals surface area contributed by atoms with Crippen LogP contribution in [0.3, 0.4) is 0 Å². The molecule has 30 heavy (non-hydrogen) atoms. The third-order valence-corrected chi connectivity index (χ3v) is 9.92. The SMILES string of the molecule is C=C1C[C@@]23CC[C@@H]4[C@](C)(C(=O)O)[C@H](OC(=O)/C(C)=C/C)CC[C@@]4(C)[C@]2(O)CC[C@H]1C3. The highest BCUT2D eigenvalue weighted by Gasteiger charge is 2.74. The second-order valence-electron chi connectivity index (χ2n) is 10.9. The number of esters is 1. The average Bonchev–Trinajstić information content (AvgIpc) is 2.97. The lowest BCUT2D eigenvalue weighted by Crippen LogP contribution is -2.71. The van der Waals surface area contributed by atoms with E-state index in [2.05, 4.69) is 13.5 Å². The van der Waals surface area contributed by atoms with Crippen molar-refractivity contribution in [3.63, 3.8) is 0 Å². The molecule has 2 N–H and O–H groups in total. The summed E-state index contributed by atoms with van der Waals surface area (Å²) in [5.41, 5.74) is -1.07. The first-order valence-corrected chi connectivity index (χ1v) is 11.4. The Hall–Kier alpha value is -1.62. The van der Waals surface area contributed by atoms with Gasteiger partial charge in [-0.1, -0.05) is 25.2 Å². The predicted octanol–water partition coefficient (Wildman–Crippen LogP) is 4.64. The Bertz CT molecular complexity index is 829. The van der Waals surface area contributed by atoms with Crippen LogP contribution in [0.4, 0.5) is 0 Å². The Morgan fingerprint density at radius 3 is 2.50 bits per heavy atom. The van der Waals surface area contributed by atoms with E-state index in [0.29, 0.717) is 30.8 Å². The minimum absolute atomic E-state index is 0.178. The molecule has 4 fully saturated rings. The standard InChI is InChI=1S/C25H36O5/c1-6-15(2)20(26)30-19-9-10-22(4)18(23(19,5)21(27)28)8-11-24-13-16(3)17(14-24)7-12-25(22,24)29/h6,17-19,29H,3,7-14H2,1-2,4-5H3,(H,27,28)/b15-6+/t17-,18-,19+,22+,23-,24+,25+/m0/s1. The van der Waals surface area contributed by atoms with Crippen LogP contribution in [-0.2, 0) is 14.3 Å². The summed E-state index contributed by atoms with van der Waals surface area (Å²) < 4.78 is 5.78. The van der Waals surface area contributed by atoms with Crippen molar-refractivity contribution in [2.75, 3.05) is 0 Å². The first-order chi connectivity index (χ1) is 13.9. The Morgan fingerprint density at radius 2 is 1.87 bits per heavy atom. The molecule has 0 unspecified atom stereocenters. The molecule has 0 saturated heterocycles. The monoisotopic (exact) mass is 416 g/mol. The quantitative estimate of drug-likeness (QED) is 0.398. The van der Waals surface area contributed by atoms with Crippen LogP contribution in [0, 0.1) is 28.1 Å². The number of carboxylic acids is 1. The van der Waals surface area contributed by atoms with Crippen molar-refractivity contribution in [1.29, 1.82) is 0 Å². The summed E-state index contributed by atoms with van der Waals surface area (Å²) in [5, 5.41) is 22.7. The number of rotatable bonds is 3. The van der Waals surface area contributed by atoms with Crippen LogP contribution in [0.2, 0.25) is 0 Å². The largest absolute Gasteiger partial charge is 0.481 e. The van der Waals surface area contributed by atoms with E-state index in [9.17, 15) is 19.8 Å². The van der Waals surface area contributed by atoms with E-state index in [1.165, 1.54) is 5.57 Å². The van der Waals surface area contributed by atoms with Gasteiger partial charge in [-0.15, -0.1) is 0 Å². The maximum absolute atomic E-state index is 12.7. The van der Waals surface area contributed by atoms with Crippen LogP contribution < -0.4 is 0 Å². The zero-order valence-corrected chi connectivity index (χ0v) is 18.8. The van der Waals surface area contributed by atoms with Gasteiger partial charge in [0.2, 0.25) is 0 Å². The van der Waals surface area contributed by atoms with E-state index in [1.54, 1.807) is 26.8 Å². The second kappa shape index (κ2) is 6.69. The van der Waals surface area contributed by atoms with Crippen LogP contribution >= 0.6 is 0 Å². The molecule has 1 spiro atoms. The van der Waals surface area contributed by atoms with Crippen LogP contribution in [0.15, 0.2) is 23.8 Å². The lowest BCUT2D eigenvalue weighted by molar-refractivity contribution is -0.276. The smallest absolute Gasteiger partial charge is 0.333 e. The maximum atomic E-state index is 12.7. The number of aliphatic carboxylic acids is 1. The maximum Gasteiger partial charge on any atom is 0.333 e. The zero-order valence-electron chi connectivity index (χ0n) is 18.8. The fraction of sp³-hybridized carbons (Fsp3) is 0.760. The molecule has 4 aliphatic rings. The molecule has 0 heterocycles. The second-order valence-corrected chi connectivity index (χ2v) is 10.9. The molecule has 4 saturated carbocycles. The number of aliphatic hydroxyl groups is 1. The van der Waals surface area contributed by atoms with Crippen molar-refractivity contribution in [3.8, 4) is 0 Å². The van der Waals surface area contributed by atoms with Gasteiger partial charge in [-0.25, -0.2) is 4.79 Å². The molecule has 7 atom stereocenters. The summed E-state index contributed by atoms with van der Waals surface area (Å²) >= 11 is 0. The third kappa shape index (κ3) is 2.50. The van der Waals surface area contributed by atoms with Crippen LogP contribution in [-0.4, -0.2) is 33.9 Å². The molecule has 4 rings (SSSR count). The highest BCUT2D eigenvalue weighted by atomic mass is 16.5. The van der Waals surface area contributed by atoms with Crippen LogP contribution in [0.5, 0.6) is 0 Å². The molecule has 4 aliphatic carbocycles. The van der Waals surface area contributed by atoms with E-state index in [0.717, 1.165) is 32.1 Å². The number of carboxylic acid groups (broad SMARTS) is 1. The summed E-state index contributed by atoms with van der Waals surface area (Å²) in [6, 6.07) is 0. The molecule has 0 aromatic heterocycles. The first kappa shape index (κ1) is 21.6. The van der Waals surface area contributed by atoms with Crippen molar-refractivity contribution in [2.24, 2.45) is 28.1 Å². The Balaban J connectivity index is 1.73. The van der Waals surface area contributed by atoms with Crippen molar-refractivity contribution in [1.82, 2.24) is 0 Å². The Morgan fingerprint density at radius 1 is 1.17 bits per heavy atom. The van der Waals surface area contributed by atoms with Crippen molar-refractivity contribution in [2.45, 2.75) is 90.8 Å². The van der Waals surface area contributed by atoms with Gasteiger partial charge in [0, 0.05) is 16.4 Å². The molecule has 0 aromatic rings. The van der Waals surface area contributed by atoms with E-state index >= 15 is 0 Å². The van der Waals surface area contributed by atoms with Gasteiger partial charge >= 0.3 is 11.9 Å². The number of carbonyl (C=O) groups is 2. The highest BCUT2D eigenvalue weighted by molar-refractivity contribution is 5.88. The van der Waals surface area contributed by atoms with Gasteiger partial charge < -0.3 is 14.9 Å². The Labute approximate surface area is 179 Å². The number of ether oxygens (including phenoxy) is 1. The summed E-state index contributed by atoms with van der Waals surface area (Å²) in [6.45, 7) is 11.6. The van der Waals surface area contributed by atoms with E-state index in [1.807, 2.05) is 0 Å². The van der Waals surface area contributed by atoms with E-state index in [4.69, 9.17) is 4.74 Å². The van der Waals surface area contributed by atoms with Gasteiger partial charge in [-0.2, -0.15) is 0 Å². The fourth-order valence-corrected chi connectivity index (χ4v) is 7.96. The summed E-state index contributed by atoms with van der Waals surface area (Å²) in [6.07, 6.45) is 7.16. The number of allylic oxidation sites excluding steroid dienone is 2. The number of carbonyl (C=O) groups excluding carboxylic acids is 1. The average molecular weight is 417 g/mol. The molecule has 0 aromatic carbocycles. The molecule has 166 valence electrons. The lowest BCUT2D eigenvalue weighted by atomic mass is 9.38. The first-order valence-electron chi connectivity index (χ1n) is 11.4. The number of fused-ring (bicyclic) bond motifs is 3. The molecule has 5 nitrogen and oxygen atoms in total. The summed E-state index contributed by atoms with van der Waals surface area (Å²) in [5.74, 6) is -1.13. The molecule has 0 radical (unpaired) electrons. The van der Waals surface area contributed by atoms with Gasteiger partial charge in [-0.3, -0.25) is 4.79 Å². The zero-order chi connectivity index (χ0) is 22.1. The number of hydrogen-bond donors (Lipinski definition) is 2. The molecular weight excluding hydrogens is 380 g/mol. The lowest BCUT2D eigenvalue weighted by Gasteiger charge is -2.68. The fourth-order valence-electron chi connectivity index (χ4n) is 7.96.